The first-order valence-corrected chi connectivity index (χ1v) is 3.61. The molecule has 1 aromatic heterocycles. The summed E-state index contributed by atoms with van der Waals surface area (Å²) in [6.07, 6.45) is 1.29. The van der Waals surface area contributed by atoms with Crippen LogP contribution in [-0.4, -0.2) is 20.9 Å². The highest BCUT2D eigenvalue weighted by Gasteiger charge is 2.57. The molecule has 1 aromatic rings. The van der Waals surface area contributed by atoms with Gasteiger partial charge in [0.15, 0.2) is 5.82 Å². The molecule has 1 aliphatic carbocycles. The van der Waals surface area contributed by atoms with Crippen LogP contribution in [0.25, 0.3) is 0 Å². The van der Waals surface area contributed by atoms with Gasteiger partial charge in [0.1, 0.15) is 0 Å². The Morgan fingerprint density at radius 2 is 2.42 bits per heavy atom. The summed E-state index contributed by atoms with van der Waals surface area (Å²) >= 11 is 0. The molecule has 0 bridgehead atoms. The number of hydrogen-bond donors (Lipinski definition) is 1. The van der Waals surface area contributed by atoms with Crippen molar-refractivity contribution < 1.29 is 8.78 Å². The predicted octanol–water partition coefficient (Wildman–Crippen LogP) is 0.515. The molecule has 6 heteroatoms. The van der Waals surface area contributed by atoms with Crippen molar-refractivity contribution in [2.45, 2.75) is 18.9 Å². The summed E-state index contributed by atoms with van der Waals surface area (Å²) in [5, 5.41) is 7.42. The summed E-state index contributed by atoms with van der Waals surface area (Å²) in [5.41, 5.74) is 5.26. The van der Waals surface area contributed by atoms with Crippen molar-refractivity contribution in [3.8, 4) is 0 Å². The van der Waals surface area contributed by atoms with Crippen LogP contribution in [0.4, 0.5) is 14.6 Å². The average molecular weight is 174 g/mol. The SMILES string of the molecule is Nc1cnn(CC2CC2(F)F)n1. The van der Waals surface area contributed by atoms with Crippen molar-refractivity contribution in [3.63, 3.8) is 0 Å². The fourth-order valence-corrected chi connectivity index (χ4v) is 1.06. The van der Waals surface area contributed by atoms with Gasteiger partial charge < -0.3 is 5.73 Å². The van der Waals surface area contributed by atoms with Gasteiger partial charge in [0, 0.05) is 12.3 Å². The first kappa shape index (κ1) is 7.45. The normalized spacial score (nSPS) is 25.7. The topological polar surface area (TPSA) is 56.7 Å². The van der Waals surface area contributed by atoms with Gasteiger partial charge in [-0.2, -0.15) is 9.90 Å². The maximum Gasteiger partial charge on any atom is 0.253 e. The molecule has 1 fully saturated rings. The summed E-state index contributed by atoms with van der Waals surface area (Å²) in [6.45, 7) is 0.157. The molecule has 0 radical (unpaired) electrons. The second-order valence-corrected chi connectivity index (χ2v) is 2.99. The number of nitrogen functional groups attached to an aromatic ring is 1. The summed E-state index contributed by atoms with van der Waals surface area (Å²) in [5.74, 6) is -2.86. The van der Waals surface area contributed by atoms with Gasteiger partial charge in [-0.1, -0.05) is 0 Å². The fraction of sp³-hybridized carbons (Fsp3) is 0.667. The molecule has 12 heavy (non-hydrogen) atoms. The third-order valence-electron chi connectivity index (χ3n) is 1.89. The van der Waals surface area contributed by atoms with Crippen molar-refractivity contribution in [1.82, 2.24) is 15.0 Å². The van der Waals surface area contributed by atoms with Gasteiger partial charge in [0.2, 0.25) is 0 Å². The molecule has 1 saturated carbocycles. The number of nitrogens with zero attached hydrogens (tertiary/aromatic N) is 3. The quantitative estimate of drug-likeness (QED) is 0.710. The summed E-state index contributed by atoms with van der Waals surface area (Å²) < 4.78 is 24.8. The van der Waals surface area contributed by atoms with Crippen molar-refractivity contribution in [2.24, 2.45) is 5.92 Å². The van der Waals surface area contributed by atoms with E-state index in [2.05, 4.69) is 10.2 Å². The molecule has 4 nitrogen and oxygen atoms in total. The van der Waals surface area contributed by atoms with Crippen LogP contribution in [0.1, 0.15) is 6.42 Å². The lowest BCUT2D eigenvalue weighted by atomic mass is 10.4. The molecular formula is C6H8F2N4. The van der Waals surface area contributed by atoms with E-state index in [4.69, 9.17) is 5.73 Å². The van der Waals surface area contributed by atoms with Crippen LogP contribution < -0.4 is 5.73 Å². The Kier molecular flexibility index (Phi) is 1.33. The van der Waals surface area contributed by atoms with E-state index in [1.54, 1.807) is 0 Å². The number of halogens is 2. The Bertz CT molecular complexity index is 295. The zero-order chi connectivity index (χ0) is 8.77. The van der Waals surface area contributed by atoms with E-state index in [0.29, 0.717) is 0 Å². The highest BCUT2D eigenvalue weighted by atomic mass is 19.3. The van der Waals surface area contributed by atoms with Gasteiger partial charge in [-0.25, -0.2) is 8.78 Å². The zero-order valence-corrected chi connectivity index (χ0v) is 6.24. The smallest absolute Gasteiger partial charge is 0.253 e. The van der Waals surface area contributed by atoms with Crippen LogP contribution >= 0.6 is 0 Å². The average Bonchev–Trinajstić information content (AvgIpc) is 2.41. The molecule has 0 saturated heterocycles. The second kappa shape index (κ2) is 2.15. The van der Waals surface area contributed by atoms with Gasteiger partial charge in [-0.3, -0.25) is 0 Å². The molecule has 0 spiro atoms. The third kappa shape index (κ3) is 1.24. The number of aromatic nitrogens is 3. The molecule has 1 heterocycles. The van der Waals surface area contributed by atoms with Crippen LogP contribution in [0, 0.1) is 5.92 Å². The minimum atomic E-state index is -2.51. The lowest BCUT2D eigenvalue weighted by Gasteiger charge is -1.96. The van der Waals surface area contributed by atoms with E-state index in [-0.39, 0.29) is 18.8 Å². The first-order valence-electron chi connectivity index (χ1n) is 3.61. The Balaban J connectivity index is 1.97. The molecule has 1 aliphatic rings. The van der Waals surface area contributed by atoms with Gasteiger partial charge in [-0.05, 0) is 0 Å². The maximum absolute atomic E-state index is 12.4. The van der Waals surface area contributed by atoms with Crippen LogP contribution in [-0.2, 0) is 6.54 Å². The Morgan fingerprint density at radius 1 is 1.75 bits per heavy atom. The molecule has 1 unspecified atom stereocenters. The summed E-state index contributed by atoms with van der Waals surface area (Å²) in [7, 11) is 0. The molecule has 1 atom stereocenters. The van der Waals surface area contributed by atoms with Gasteiger partial charge in [0.25, 0.3) is 5.92 Å². The second-order valence-electron chi connectivity index (χ2n) is 2.99. The van der Waals surface area contributed by atoms with Crippen LogP contribution in [0.5, 0.6) is 0 Å². The van der Waals surface area contributed by atoms with Crippen LogP contribution in [0.15, 0.2) is 6.20 Å². The van der Waals surface area contributed by atoms with Crippen molar-refractivity contribution in [2.75, 3.05) is 5.73 Å². The fourth-order valence-electron chi connectivity index (χ4n) is 1.06. The lowest BCUT2D eigenvalue weighted by Crippen LogP contribution is -2.08. The minimum Gasteiger partial charge on any atom is -0.381 e. The minimum absolute atomic E-state index is 0.0611. The van der Waals surface area contributed by atoms with Crippen molar-refractivity contribution >= 4 is 5.82 Å². The molecular weight excluding hydrogens is 166 g/mol. The Hall–Kier alpha value is -1.20. The van der Waals surface area contributed by atoms with E-state index in [1.165, 1.54) is 11.0 Å². The predicted molar refractivity (Wildman–Crippen MR) is 37.5 cm³/mol. The third-order valence-corrected chi connectivity index (χ3v) is 1.89. The summed E-state index contributed by atoms with van der Waals surface area (Å²) in [4.78, 5) is 1.21. The molecule has 0 amide bonds. The monoisotopic (exact) mass is 174 g/mol. The van der Waals surface area contributed by atoms with Crippen LogP contribution in [0.3, 0.4) is 0 Å². The highest BCUT2D eigenvalue weighted by Crippen LogP contribution is 2.49. The van der Waals surface area contributed by atoms with Crippen LogP contribution in [0.2, 0.25) is 0 Å². The van der Waals surface area contributed by atoms with E-state index in [0.717, 1.165) is 0 Å². The molecule has 0 aromatic carbocycles. The first-order chi connectivity index (χ1) is 5.58. The number of alkyl halides is 2. The Labute approximate surface area is 67.4 Å². The number of anilines is 1. The molecule has 2 rings (SSSR count). The van der Waals surface area contributed by atoms with E-state index < -0.39 is 11.8 Å². The van der Waals surface area contributed by atoms with Gasteiger partial charge in [-0.15, -0.1) is 5.10 Å². The van der Waals surface area contributed by atoms with Gasteiger partial charge >= 0.3 is 0 Å². The number of hydrogen-bond acceptors (Lipinski definition) is 3. The molecule has 2 N–H and O–H groups in total. The zero-order valence-electron chi connectivity index (χ0n) is 6.24. The maximum atomic E-state index is 12.4. The Morgan fingerprint density at radius 3 is 2.83 bits per heavy atom. The largest absolute Gasteiger partial charge is 0.381 e. The van der Waals surface area contributed by atoms with E-state index in [9.17, 15) is 8.78 Å². The van der Waals surface area contributed by atoms with Crippen molar-refractivity contribution in [3.05, 3.63) is 6.20 Å². The number of nitrogens with two attached hydrogens (primary N) is 1. The highest BCUT2D eigenvalue weighted by molar-refractivity contribution is 5.19. The molecule has 66 valence electrons. The standard InChI is InChI=1S/C6H8F2N4/c7-6(8)1-4(6)3-12-10-2-5(9)11-12/h2,4H,1,3H2,(H2,9,11). The van der Waals surface area contributed by atoms with Gasteiger partial charge in [0.05, 0.1) is 12.7 Å². The molecule has 0 aliphatic heterocycles. The number of rotatable bonds is 2. The van der Waals surface area contributed by atoms with E-state index in [1.807, 2.05) is 0 Å². The van der Waals surface area contributed by atoms with E-state index >= 15 is 0 Å². The summed E-state index contributed by atoms with van der Waals surface area (Å²) in [6, 6.07) is 0. The van der Waals surface area contributed by atoms with Crippen molar-refractivity contribution in [1.29, 1.82) is 0 Å². The lowest BCUT2D eigenvalue weighted by molar-refractivity contribution is 0.0931.